The fraction of sp³-hybridized carbons (Fsp3) is 0.625. The van der Waals surface area contributed by atoms with E-state index >= 15 is 0 Å². The molecule has 0 aliphatic carbocycles. The second kappa shape index (κ2) is 13.2. The Morgan fingerprint density at radius 3 is 1.23 bits per heavy atom. The quantitative estimate of drug-likeness (QED) is 0.410. The zero-order chi connectivity index (χ0) is 23.5. The summed E-state index contributed by atoms with van der Waals surface area (Å²) >= 11 is 3.21. The van der Waals surface area contributed by atoms with Gasteiger partial charge in [0.15, 0.2) is 10.3 Å². The number of nitrogen functional groups attached to an aromatic ring is 2. The first-order valence-electron chi connectivity index (χ1n) is 9.02. The normalized spacial score (nSPS) is 11.3. The largest absolute Gasteiger partial charge is 0.375 e. The number of aryl methyl sites for hydroxylation is 4. The molecule has 0 aliphatic rings. The van der Waals surface area contributed by atoms with Crippen LogP contribution in [0.3, 0.4) is 0 Å². The summed E-state index contributed by atoms with van der Waals surface area (Å²) in [5.41, 5.74) is 13.2. The second-order valence-corrected chi connectivity index (χ2v) is 11.6. The Bertz CT molecular complexity index is 903. The monoisotopic (exact) mass is 502 g/mol. The maximum atomic E-state index is 9.86. The molecule has 0 spiro atoms. The maximum absolute atomic E-state index is 9.86. The molecule has 0 amide bonds. The van der Waals surface area contributed by atoms with Crippen molar-refractivity contribution >= 4 is 53.2 Å². The van der Waals surface area contributed by atoms with Crippen molar-refractivity contribution < 1.29 is 25.9 Å². The molecule has 2 aromatic heterocycles. The van der Waals surface area contributed by atoms with Crippen LogP contribution in [0.1, 0.15) is 47.8 Å². The number of thiazole rings is 2. The molecular weight excluding hydrogens is 472 g/mol. The van der Waals surface area contributed by atoms with Gasteiger partial charge in [-0.1, -0.05) is 26.7 Å². The zero-order valence-corrected chi connectivity index (χ0v) is 20.7. The summed E-state index contributed by atoms with van der Waals surface area (Å²) in [7, 11) is -8.59. The highest BCUT2D eigenvalue weighted by atomic mass is 32.2. The van der Waals surface area contributed by atoms with Crippen LogP contribution in [-0.2, 0) is 33.1 Å². The van der Waals surface area contributed by atoms with Crippen LogP contribution in [0.5, 0.6) is 0 Å². The highest BCUT2D eigenvalue weighted by Gasteiger charge is 2.11. The number of nitrogens with zero attached hydrogens (tertiary/aromatic N) is 2. The molecule has 0 aliphatic heterocycles. The Balaban J connectivity index is 0.000000420. The van der Waals surface area contributed by atoms with E-state index in [1.54, 1.807) is 22.7 Å². The van der Waals surface area contributed by atoms with Gasteiger partial charge in [0.2, 0.25) is 0 Å². The Morgan fingerprint density at radius 1 is 0.767 bits per heavy atom. The summed E-state index contributed by atoms with van der Waals surface area (Å²) in [4.78, 5) is 10.9. The average molecular weight is 503 g/mol. The van der Waals surface area contributed by atoms with E-state index < -0.39 is 31.7 Å². The van der Waals surface area contributed by atoms with Crippen molar-refractivity contribution in [3.8, 4) is 0 Å². The van der Waals surface area contributed by atoms with Crippen molar-refractivity contribution in [2.75, 3.05) is 23.0 Å². The van der Waals surface area contributed by atoms with Crippen LogP contribution in [0.2, 0.25) is 0 Å². The summed E-state index contributed by atoms with van der Waals surface area (Å²) in [5, 5.41) is 1.39. The van der Waals surface area contributed by atoms with E-state index in [0.717, 1.165) is 24.2 Å². The van der Waals surface area contributed by atoms with Crippen molar-refractivity contribution in [2.24, 2.45) is 0 Å². The fourth-order valence-electron chi connectivity index (χ4n) is 2.03. The number of anilines is 2. The smallest absolute Gasteiger partial charge is 0.265 e. The summed E-state index contributed by atoms with van der Waals surface area (Å²) < 4.78 is 55.4. The molecule has 6 N–H and O–H groups in total. The Morgan fingerprint density at radius 2 is 1.07 bits per heavy atom. The van der Waals surface area contributed by atoms with Crippen molar-refractivity contribution in [1.29, 1.82) is 0 Å². The van der Waals surface area contributed by atoms with Crippen molar-refractivity contribution in [1.82, 2.24) is 9.97 Å². The van der Waals surface area contributed by atoms with Gasteiger partial charge < -0.3 is 11.5 Å². The van der Waals surface area contributed by atoms with Gasteiger partial charge in [0.05, 0.1) is 22.9 Å². The topological polar surface area (TPSA) is 187 Å². The molecule has 2 rings (SSSR count). The molecule has 30 heavy (non-hydrogen) atoms. The maximum Gasteiger partial charge on any atom is 0.265 e. The number of aromatic nitrogens is 2. The molecule has 0 atom stereocenters. The molecule has 0 aromatic carbocycles. The van der Waals surface area contributed by atoms with Crippen molar-refractivity contribution in [2.45, 2.75) is 53.4 Å². The van der Waals surface area contributed by atoms with Crippen LogP contribution in [0.25, 0.3) is 0 Å². The van der Waals surface area contributed by atoms with Crippen LogP contribution in [0.15, 0.2) is 0 Å². The molecule has 2 heterocycles. The summed E-state index contributed by atoms with van der Waals surface area (Å²) in [6.07, 6.45) is 4.56. The van der Waals surface area contributed by atoms with E-state index in [2.05, 4.69) is 23.8 Å². The van der Waals surface area contributed by atoms with E-state index in [1.165, 1.54) is 22.6 Å². The zero-order valence-electron chi connectivity index (χ0n) is 17.5. The highest BCUT2D eigenvalue weighted by molar-refractivity contribution is 7.89. The Kier molecular flexibility index (Phi) is 12.6. The second-order valence-electron chi connectivity index (χ2n) is 6.19. The molecule has 10 nitrogen and oxygen atoms in total. The molecule has 2 aromatic rings. The molecule has 0 saturated heterocycles. The van der Waals surface area contributed by atoms with Gasteiger partial charge in [-0.15, -0.1) is 22.7 Å². The Labute approximate surface area is 186 Å². The first kappa shape index (κ1) is 28.7. The van der Waals surface area contributed by atoms with E-state index in [9.17, 15) is 16.8 Å². The van der Waals surface area contributed by atoms with Gasteiger partial charge in [0.25, 0.3) is 20.2 Å². The lowest BCUT2D eigenvalue weighted by Crippen LogP contribution is -2.15. The van der Waals surface area contributed by atoms with Gasteiger partial charge in [-0.25, -0.2) is 9.97 Å². The molecule has 0 unspecified atom stereocenters. The molecule has 0 fully saturated rings. The minimum atomic E-state index is -4.30. The predicted octanol–water partition coefficient (Wildman–Crippen LogP) is 2.73. The lowest BCUT2D eigenvalue weighted by molar-refractivity contribution is 0.472. The summed E-state index contributed by atoms with van der Waals surface area (Å²) in [6.45, 7) is 8.35. The first-order valence-corrected chi connectivity index (χ1v) is 13.9. The van der Waals surface area contributed by atoms with E-state index in [1.807, 2.05) is 13.8 Å². The summed E-state index contributed by atoms with van der Waals surface area (Å²) in [6, 6.07) is 0. The average Bonchev–Trinajstić information content (AvgIpc) is 3.07. The van der Waals surface area contributed by atoms with Crippen LogP contribution < -0.4 is 11.5 Å². The molecule has 174 valence electrons. The lowest BCUT2D eigenvalue weighted by Gasteiger charge is -1.92. The highest BCUT2D eigenvalue weighted by Crippen LogP contribution is 2.21. The molecule has 0 radical (unpaired) electrons. The first-order chi connectivity index (χ1) is 13.7. The van der Waals surface area contributed by atoms with Gasteiger partial charge in [-0.3, -0.25) is 9.11 Å². The minimum absolute atomic E-state index is 0.695. The predicted molar refractivity (Wildman–Crippen MR) is 123 cm³/mol. The third kappa shape index (κ3) is 13.8. The van der Waals surface area contributed by atoms with E-state index in [-0.39, 0.29) is 0 Å². The van der Waals surface area contributed by atoms with Crippen LogP contribution >= 0.6 is 22.7 Å². The standard InChI is InChI=1S/2C7H12N2S.C2H6O6S2/c2*1-3-4-6-5(2)9-7(8)10-6;3-9(4,5)1-2-10(6,7)8/h2*3-4H2,1-2H3,(H2,8,9);1-2H2,(H,3,4,5)(H,6,7,8). The van der Waals surface area contributed by atoms with Gasteiger partial charge in [-0.2, -0.15) is 16.8 Å². The Hall–Kier alpha value is -1.32. The van der Waals surface area contributed by atoms with E-state index in [0.29, 0.717) is 10.3 Å². The molecule has 0 bridgehead atoms. The van der Waals surface area contributed by atoms with Crippen LogP contribution in [-0.4, -0.2) is 47.4 Å². The SMILES string of the molecule is CCCc1sc(N)nc1C.CCCc1sc(N)nc1C.O=S(=O)(O)CCS(=O)(=O)O. The lowest BCUT2D eigenvalue weighted by atomic mass is 10.2. The van der Waals surface area contributed by atoms with Crippen molar-refractivity contribution in [3.63, 3.8) is 0 Å². The molecule has 0 saturated carbocycles. The third-order valence-electron chi connectivity index (χ3n) is 3.37. The van der Waals surface area contributed by atoms with Gasteiger partial charge in [-0.05, 0) is 26.7 Å². The van der Waals surface area contributed by atoms with Crippen LogP contribution in [0.4, 0.5) is 10.3 Å². The number of hydrogen-bond donors (Lipinski definition) is 4. The molecule has 14 heteroatoms. The number of rotatable bonds is 7. The third-order valence-corrected chi connectivity index (χ3v) is 7.16. The van der Waals surface area contributed by atoms with Gasteiger partial charge in [0, 0.05) is 9.75 Å². The number of hydrogen-bond acceptors (Lipinski definition) is 10. The minimum Gasteiger partial charge on any atom is -0.375 e. The summed E-state index contributed by atoms with van der Waals surface area (Å²) in [5.74, 6) is -1.96. The van der Waals surface area contributed by atoms with Crippen molar-refractivity contribution in [3.05, 3.63) is 21.1 Å². The van der Waals surface area contributed by atoms with Gasteiger partial charge >= 0.3 is 0 Å². The molecular formula is C16H30N4O6S4. The number of nitrogens with two attached hydrogens (primary N) is 2. The van der Waals surface area contributed by atoms with Gasteiger partial charge in [0.1, 0.15) is 0 Å². The van der Waals surface area contributed by atoms with E-state index in [4.69, 9.17) is 20.6 Å². The van der Waals surface area contributed by atoms with Crippen LogP contribution in [0, 0.1) is 13.8 Å². The fourth-order valence-corrected chi connectivity index (χ4v) is 5.58.